The van der Waals surface area contributed by atoms with Crippen molar-refractivity contribution < 1.29 is 9.90 Å². The van der Waals surface area contributed by atoms with Gasteiger partial charge in [-0.25, -0.2) is 4.79 Å². The molecule has 0 spiro atoms. The smallest absolute Gasteiger partial charge is 0.315 e. The molecular formula is C12H22N2O2. The van der Waals surface area contributed by atoms with Gasteiger partial charge in [0.1, 0.15) is 0 Å². The van der Waals surface area contributed by atoms with Crippen LogP contribution in [0.1, 0.15) is 44.9 Å². The summed E-state index contributed by atoms with van der Waals surface area (Å²) in [6, 6.07) is 0.379. The number of aliphatic hydroxyl groups excluding tert-OH is 1. The minimum atomic E-state index is -0.0354. The third-order valence-electron chi connectivity index (χ3n) is 3.84. The molecule has 4 heteroatoms. The predicted molar refractivity (Wildman–Crippen MR) is 62.2 cm³/mol. The highest BCUT2D eigenvalue weighted by atomic mass is 16.3. The van der Waals surface area contributed by atoms with Gasteiger partial charge in [0.25, 0.3) is 0 Å². The highest BCUT2D eigenvalue weighted by Gasteiger charge is 2.33. The van der Waals surface area contributed by atoms with E-state index in [1.165, 1.54) is 12.8 Å². The normalized spacial score (nSPS) is 23.1. The summed E-state index contributed by atoms with van der Waals surface area (Å²) in [6.45, 7) is 0.942. The lowest BCUT2D eigenvalue weighted by molar-refractivity contribution is 0.178. The second kappa shape index (κ2) is 5.04. The lowest BCUT2D eigenvalue weighted by Crippen LogP contribution is -2.42. The fourth-order valence-electron chi connectivity index (χ4n) is 2.61. The maximum atomic E-state index is 11.5. The molecule has 2 aliphatic rings. The summed E-state index contributed by atoms with van der Waals surface area (Å²) in [5.74, 6) is 0. The van der Waals surface area contributed by atoms with Crippen molar-refractivity contribution >= 4 is 6.03 Å². The topological polar surface area (TPSA) is 61.4 Å². The number of hydrogen-bond acceptors (Lipinski definition) is 2. The van der Waals surface area contributed by atoms with Crippen molar-refractivity contribution in [1.82, 2.24) is 10.6 Å². The molecular weight excluding hydrogens is 204 g/mol. The van der Waals surface area contributed by atoms with E-state index < -0.39 is 0 Å². The maximum Gasteiger partial charge on any atom is 0.315 e. The quantitative estimate of drug-likeness (QED) is 0.663. The summed E-state index contributed by atoms with van der Waals surface area (Å²) in [5, 5.41) is 15.0. The molecule has 0 heterocycles. The highest BCUT2D eigenvalue weighted by molar-refractivity contribution is 5.74. The maximum absolute atomic E-state index is 11.5. The van der Waals surface area contributed by atoms with Crippen molar-refractivity contribution in [2.75, 3.05) is 13.2 Å². The highest BCUT2D eigenvalue weighted by Crippen LogP contribution is 2.40. The molecule has 0 bridgehead atoms. The standard InChI is InChI=1S/C12H22N2O2/c15-8-7-12(5-1-2-6-12)9-13-11(16)14-10-3-4-10/h10,15H,1-9H2,(H2,13,14,16). The molecule has 0 saturated heterocycles. The molecule has 3 N–H and O–H groups in total. The molecule has 2 amide bonds. The van der Waals surface area contributed by atoms with Crippen molar-refractivity contribution in [3.05, 3.63) is 0 Å². The minimum absolute atomic E-state index is 0.0354. The number of nitrogens with one attached hydrogen (secondary N) is 2. The Morgan fingerprint density at radius 1 is 1.31 bits per heavy atom. The summed E-state index contributed by atoms with van der Waals surface area (Å²) in [4.78, 5) is 11.5. The van der Waals surface area contributed by atoms with E-state index in [1.807, 2.05) is 0 Å². The van der Waals surface area contributed by atoms with Crippen LogP contribution in [0.25, 0.3) is 0 Å². The first kappa shape index (κ1) is 11.7. The number of carbonyl (C=O) groups excluding carboxylic acids is 1. The molecule has 0 aromatic rings. The number of amides is 2. The van der Waals surface area contributed by atoms with Crippen LogP contribution in [0, 0.1) is 5.41 Å². The molecule has 16 heavy (non-hydrogen) atoms. The van der Waals surface area contributed by atoms with Crippen LogP contribution >= 0.6 is 0 Å². The van der Waals surface area contributed by atoms with E-state index in [0.29, 0.717) is 12.6 Å². The summed E-state index contributed by atoms with van der Waals surface area (Å²) >= 11 is 0. The monoisotopic (exact) mass is 226 g/mol. The van der Waals surface area contributed by atoms with Crippen molar-refractivity contribution in [3.63, 3.8) is 0 Å². The van der Waals surface area contributed by atoms with E-state index in [9.17, 15) is 4.79 Å². The van der Waals surface area contributed by atoms with Crippen LogP contribution in [0.15, 0.2) is 0 Å². The van der Waals surface area contributed by atoms with Crippen LogP contribution in [-0.4, -0.2) is 30.3 Å². The fraction of sp³-hybridized carbons (Fsp3) is 0.917. The lowest BCUT2D eigenvalue weighted by Gasteiger charge is -2.28. The van der Waals surface area contributed by atoms with Crippen molar-refractivity contribution in [2.45, 2.75) is 51.0 Å². The van der Waals surface area contributed by atoms with Gasteiger partial charge in [0, 0.05) is 19.2 Å². The number of hydrogen-bond donors (Lipinski definition) is 3. The zero-order valence-corrected chi connectivity index (χ0v) is 9.80. The Kier molecular flexibility index (Phi) is 3.69. The third kappa shape index (κ3) is 3.11. The molecule has 2 fully saturated rings. The van der Waals surface area contributed by atoms with Gasteiger partial charge < -0.3 is 15.7 Å². The van der Waals surface area contributed by atoms with Gasteiger partial charge in [0.2, 0.25) is 0 Å². The van der Waals surface area contributed by atoms with Gasteiger partial charge in [-0.3, -0.25) is 0 Å². The molecule has 2 aliphatic carbocycles. The molecule has 2 rings (SSSR count). The average molecular weight is 226 g/mol. The van der Waals surface area contributed by atoms with E-state index in [2.05, 4.69) is 10.6 Å². The zero-order chi connectivity index (χ0) is 11.4. The van der Waals surface area contributed by atoms with Gasteiger partial charge in [-0.15, -0.1) is 0 Å². The molecule has 0 unspecified atom stereocenters. The van der Waals surface area contributed by atoms with Crippen molar-refractivity contribution in [3.8, 4) is 0 Å². The average Bonchev–Trinajstić information content (AvgIpc) is 2.94. The second-order valence-corrected chi connectivity index (χ2v) is 5.28. The van der Waals surface area contributed by atoms with Crippen LogP contribution in [0.3, 0.4) is 0 Å². The number of carbonyl (C=O) groups is 1. The molecule has 92 valence electrons. The Morgan fingerprint density at radius 3 is 2.56 bits per heavy atom. The van der Waals surface area contributed by atoms with Crippen LogP contribution in [-0.2, 0) is 0 Å². The Bertz CT molecular complexity index is 245. The molecule has 0 aromatic carbocycles. The number of aliphatic hydroxyl groups is 1. The Morgan fingerprint density at radius 2 is 2.00 bits per heavy atom. The van der Waals surface area contributed by atoms with Crippen molar-refractivity contribution in [2.24, 2.45) is 5.41 Å². The predicted octanol–water partition coefficient (Wildman–Crippen LogP) is 1.39. The van der Waals surface area contributed by atoms with E-state index >= 15 is 0 Å². The van der Waals surface area contributed by atoms with Gasteiger partial charge in [0.05, 0.1) is 0 Å². The van der Waals surface area contributed by atoms with Gasteiger partial charge in [-0.2, -0.15) is 0 Å². The van der Waals surface area contributed by atoms with Crippen LogP contribution in [0.5, 0.6) is 0 Å². The summed E-state index contributed by atoms with van der Waals surface area (Å²) in [5.41, 5.74) is 0.162. The lowest BCUT2D eigenvalue weighted by atomic mass is 9.83. The first-order chi connectivity index (χ1) is 7.74. The van der Waals surface area contributed by atoms with Gasteiger partial charge >= 0.3 is 6.03 Å². The SMILES string of the molecule is O=C(NCC1(CCO)CCCC1)NC1CC1. The summed E-state index contributed by atoms with van der Waals surface area (Å²) < 4.78 is 0. The van der Waals surface area contributed by atoms with E-state index in [-0.39, 0.29) is 18.1 Å². The molecule has 0 radical (unpaired) electrons. The number of urea groups is 1. The van der Waals surface area contributed by atoms with E-state index in [0.717, 1.165) is 32.1 Å². The molecule has 0 aliphatic heterocycles. The summed E-state index contributed by atoms with van der Waals surface area (Å²) in [7, 11) is 0. The largest absolute Gasteiger partial charge is 0.396 e. The number of rotatable bonds is 5. The van der Waals surface area contributed by atoms with Gasteiger partial charge in [-0.1, -0.05) is 12.8 Å². The summed E-state index contributed by atoms with van der Waals surface area (Å²) in [6.07, 6.45) is 7.79. The second-order valence-electron chi connectivity index (χ2n) is 5.28. The Balaban J connectivity index is 1.74. The van der Waals surface area contributed by atoms with Crippen LogP contribution < -0.4 is 10.6 Å². The minimum Gasteiger partial charge on any atom is -0.396 e. The first-order valence-electron chi connectivity index (χ1n) is 6.39. The molecule has 0 atom stereocenters. The first-order valence-corrected chi connectivity index (χ1v) is 6.39. The third-order valence-corrected chi connectivity index (χ3v) is 3.84. The Hall–Kier alpha value is -0.770. The zero-order valence-electron chi connectivity index (χ0n) is 9.80. The molecule has 0 aromatic heterocycles. The van der Waals surface area contributed by atoms with Gasteiger partial charge in [0.15, 0.2) is 0 Å². The fourth-order valence-corrected chi connectivity index (χ4v) is 2.61. The van der Waals surface area contributed by atoms with Gasteiger partial charge in [-0.05, 0) is 37.5 Å². The molecule has 2 saturated carbocycles. The molecule has 4 nitrogen and oxygen atoms in total. The van der Waals surface area contributed by atoms with Crippen molar-refractivity contribution in [1.29, 1.82) is 0 Å². The van der Waals surface area contributed by atoms with E-state index in [1.54, 1.807) is 0 Å². The van der Waals surface area contributed by atoms with Crippen LogP contribution in [0.2, 0.25) is 0 Å². The Labute approximate surface area is 96.8 Å². The van der Waals surface area contributed by atoms with E-state index in [4.69, 9.17) is 5.11 Å². The van der Waals surface area contributed by atoms with Crippen LogP contribution in [0.4, 0.5) is 4.79 Å².